The summed E-state index contributed by atoms with van der Waals surface area (Å²) in [7, 11) is 0. The van der Waals surface area contributed by atoms with Crippen molar-refractivity contribution in [2.45, 2.75) is 33.2 Å². The zero-order valence-corrected chi connectivity index (χ0v) is 14.1. The van der Waals surface area contributed by atoms with Crippen molar-refractivity contribution < 1.29 is 14.7 Å². The van der Waals surface area contributed by atoms with Gasteiger partial charge in [-0.3, -0.25) is 9.78 Å². The summed E-state index contributed by atoms with van der Waals surface area (Å²) in [6, 6.07) is 2.76. The molecule has 0 bridgehead atoms. The second-order valence-electron chi connectivity index (χ2n) is 5.35. The van der Waals surface area contributed by atoms with Crippen LogP contribution in [0.25, 0.3) is 10.6 Å². The van der Waals surface area contributed by atoms with Gasteiger partial charge in [-0.15, -0.1) is 11.3 Å². The molecule has 0 aliphatic carbocycles. The predicted molar refractivity (Wildman–Crippen MR) is 88.4 cm³/mol. The number of carbonyl (C=O) groups excluding carboxylic acids is 1. The van der Waals surface area contributed by atoms with E-state index in [1.807, 2.05) is 13.0 Å². The highest BCUT2D eigenvalue weighted by molar-refractivity contribution is 7.17. The van der Waals surface area contributed by atoms with Crippen LogP contribution < -0.4 is 5.32 Å². The van der Waals surface area contributed by atoms with E-state index >= 15 is 0 Å². The van der Waals surface area contributed by atoms with E-state index in [-0.39, 0.29) is 5.92 Å². The molecule has 0 aliphatic heterocycles. The highest BCUT2D eigenvalue weighted by atomic mass is 32.1. The first kappa shape index (κ1) is 17.1. The fraction of sp³-hybridized carbons (Fsp3) is 0.375. The van der Waals surface area contributed by atoms with Crippen LogP contribution in [0, 0.1) is 12.8 Å². The van der Waals surface area contributed by atoms with Crippen molar-refractivity contribution in [1.82, 2.24) is 15.3 Å². The van der Waals surface area contributed by atoms with E-state index in [1.165, 1.54) is 11.3 Å². The molecule has 2 heterocycles. The van der Waals surface area contributed by atoms with Gasteiger partial charge in [-0.2, -0.15) is 0 Å². The van der Waals surface area contributed by atoms with Crippen molar-refractivity contribution in [2.75, 3.05) is 0 Å². The van der Waals surface area contributed by atoms with Crippen molar-refractivity contribution in [3.63, 3.8) is 0 Å². The lowest BCUT2D eigenvalue weighted by molar-refractivity contribution is -0.140. The van der Waals surface area contributed by atoms with Crippen LogP contribution in [0.5, 0.6) is 0 Å². The van der Waals surface area contributed by atoms with Crippen molar-refractivity contribution >= 4 is 23.2 Å². The van der Waals surface area contributed by atoms with Gasteiger partial charge in [-0.05, 0) is 25.0 Å². The van der Waals surface area contributed by atoms with Crippen molar-refractivity contribution in [2.24, 2.45) is 5.92 Å². The Bertz CT molecular complexity index is 700. The van der Waals surface area contributed by atoms with Gasteiger partial charge in [-0.25, -0.2) is 9.78 Å². The smallest absolute Gasteiger partial charge is 0.326 e. The van der Waals surface area contributed by atoms with Crippen LogP contribution >= 0.6 is 11.3 Å². The fourth-order valence-corrected chi connectivity index (χ4v) is 3.07. The number of nitrogens with one attached hydrogen (secondary N) is 1. The van der Waals surface area contributed by atoms with E-state index in [4.69, 9.17) is 0 Å². The third-order valence-corrected chi connectivity index (χ3v) is 4.88. The van der Waals surface area contributed by atoms with Gasteiger partial charge in [0.2, 0.25) is 0 Å². The molecule has 122 valence electrons. The molecule has 0 saturated carbocycles. The number of aromatic nitrogens is 2. The lowest BCUT2D eigenvalue weighted by atomic mass is 9.99. The standard InChI is InChI=1S/C16H19N3O3S/c1-4-9(2)12(16(21)22)19-14(20)13-10(3)18-15(23-13)11-6-5-7-17-8-11/h5-9,12H,4H2,1-3H3,(H,19,20)(H,21,22). The summed E-state index contributed by atoms with van der Waals surface area (Å²) >= 11 is 1.24. The number of rotatable bonds is 6. The number of carboxylic acid groups (broad SMARTS) is 1. The topological polar surface area (TPSA) is 92.2 Å². The molecule has 0 aliphatic rings. The zero-order chi connectivity index (χ0) is 17.0. The number of aryl methyl sites for hydroxylation is 1. The maximum atomic E-state index is 12.4. The molecule has 0 saturated heterocycles. The van der Waals surface area contributed by atoms with Gasteiger partial charge in [0.25, 0.3) is 5.91 Å². The number of aliphatic carboxylic acids is 1. The number of thiazole rings is 1. The first-order chi connectivity index (χ1) is 10.9. The van der Waals surface area contributed by atoms with E-state index in [0.29, 0.717) is 22.0 Å². The third kappa shape index (κ3) is 3.92. The van der Waals surface area contributed by atoms with Crippen LogP contribution in [0.4, 0.5) is 0 Å². The van der Waals surface area contributed by atoms with Gasteiger partial charge >= 0.3 is 5.97 Å². The minimum absolute atomic E-state index is 0.150. The molecule has 0 fully saturated rings. The summed E-state index contributed by atoms with van der Waals surface area (Å²) < 4.78 is 0. The highest BCUT2D eigenvalue weighted by Crippen LogP contribution is 2.27. The predicted octanol–water partition coefficient (Wildman–Crippen LogP) is 2.74. The van der Waals surface area contributed by atoms with E-state index in [2.05, 4.69) is 15.3 Å². The first-order valence-corrected chi connectivity index (χ1v) is 8.17. The number of nitrogens with zero attached hydrogens (tertiary/aromatic N) is 2. The Morgan fingerprint density at radius 3 is 2.74 bits per heavy atom. The van der Waals surface area contributed by atoms with Gasteiger partial charge in [0.1, 0.15) is 15.9 Å². The monoisotopic (exact) mass is 333 g/mol. The van der Waals surface area contributed by atoms with E-state index in [9.17, 15) is 14.7 Å². The molecule has 0 aromatic carbocycles. The van der Waals surface area contributed by atoms with E-state index in [0.717, 1.165) is 5.56 Å². The quantitative estimate of drug-likeness (QED) is 0.848. The number of carbonyl (C=O) groups is 2. The molecule has 2 unspecified atom stereocenters. The first-order valence-electron chi connectivity index (χ1n) is 7.35. The Balaban J connectivity index is 2.23. The lowest BCUT2D eigenvalue weighted by Crippen LogP contribution is -2.44. The zero-order valence-electron chi connectivity index (χ0n) is 13.2. The number of pyridine rings is 1. The summed E-state index contributed by atoms with van der Waals surface area (Å²) in [6.07, 6.45) is 4.01. The molecule has 6 nitrogen and oxygen atoms in total. The molecule has 1 amide bonds. The van der Waals surface area contributed by atoms with Gasteiger partial charge in [0.15, 0.2) is 0 Å². The minimum atomic E-state index is -1.03. The Morgan fingerprint density at radius 2 is 2.17 bits per heavy atom. The van der Waals surface area contributed by atoms with Crippen molar-refractivity contribution in [3.05, 3.63) is 35.1 Å². The highest BCUT2D eigenvalue weighted by Gasteiger charge is 2.27. The molecular weight excluding hydrogens is 314 g/mol. The van der Waals surface area contributed by atoms with E-state index in [1.54, 1.807) is 32.3 Å². The second-order valence-corrected chi connectivity index (χ2v) is 6.35. The van der Waals surface area contributed by atoms with Crippen LogP contribution in [0.2, 0.25) is 0 Å². The summed E-state index contributed by atoms with van der Waals surface area (Å²) in [4.78, 5) is 32.6. The average Bonchev–Trinajstić information content (AvgIpc) is 2.94. The fourth-order valence-electron chi connectivity index (χ4n) is 2.11. The van der Waals surface area contributed by atoms with Crippen molar-refractivity contribution in [3.8, 4) is 10.6 Å². The van der Waals surface area contributed by atoms with Crippen LogP contribution in [-0.2, 0) is 4.79 Å². The average molecular weight is 333 g/mol. The molecule has 2 rings (SSSR count). The third-order valence-electron chi connectivity index (χ3n) is 3.68. The molecule has 23 heavy (non-hydrogen) atoms. The number of hydrogen-bond donors (Lipinski definition) is 2. The van der Waals surface area contributed by atoms with Gasteiger partial charge in [0.05, 0.1) is 5.69 Å². The normalized spacial score (nSPS) is 13.3. The molecule has 2 aromatic rings. The summed E-state index contributed by atoms with van der Waals surface area (Å²) in [6.45, 7) is 5.44. The molecule has 0 spiro atoms. The molecular formula is C16H19N3O3S. The summed E-state index contributed by atoms with van der Waals surface area (Å²) in [5.74, 6) is -1.58. The largest absolute Gasteiger partial charge is 0.480 e. The van der Waals surface area contributed by atoms with Crippen LogP contribution in [0.1, 0.15) is 35.6 Å². The van der Waals surface area contributed by atoms with E-state index < -0.39 is 17.9 Å². The van der Waals surface area contributed by atoms with Gasteiger partial charge in [0, 0.05) is 18.0 Å². The molecule has 2 aromatic heterocycles. The Kier molecular flexibility index (Phi) is 5.44. The molecule has 7 heteroatoms. The number of amides is 1. The van der Waals surface area contributed by atoms with Gasteiger partial charge in [-0.1, -0.05) is 20.3 Å². The minimum Gasteiger partial charge on any atom is -0.480 e. The van der Waals surface area contributed by atoms with Crippen LogP contribution in [0.15, 0.2) is 24.5 Å². The SMILES string of the molecule is CCC(C)C(NC(=O)c1sc(-c2cccnc2)nc1C)C(=O)O. The molecule has 2 atom stereocenters. The molecule has 0 radical (unpaired) electrons. The Hall–Kier alpha value is -2.28. The Labute approximate surface area is 138 Å². The maximum absolute atomic E-state index is 12.4. The lowest BCUT2D eigenvalue weighted by Gasteiger charge is -2.19. The molecule has 2 N–H and O–H groups in total. The number of hydrogen-bond acceptors (Lipinski definition) is 5. The second kappa shape index (κ2) is 7.32. The van der Waals surface area contributed by atoms with Crippen LogP contribution in [0.3, 0.4) is 0 Å². The van der Waals surface area contributed by atoms with Gasteiger partial charge < -0.3 is 10.4 Å². The van der Waals surface area contributed by atoms with Crippen LogP contribution in [-0.4, -0.2) is 33.0 Å². The summed E-state index contributed by atoms with van der Waals surface area (Å²) in [5, 5.41) is 12.6. The number of carboxylic acids is 1. The maximum Gasteiger partial charge on any atom is 0.326 e. The Morgan fingerprint density at radius 1 is 1.43 bits per heavy atom. The van der Waals surface area contributed by atoms with Crippen molar-refractivity contribution in [1.29, 1.82) is 0 Å². The summed E-state index contributed by atoms with van der Waals surface area (Å²) in [5.41, 5.74) is 1.41.